The van der Waals surface area contributed by atoms with Crippen LogP contribution in [-0.4, -0.2) is 72.3 Å². The Morgan fingerprint density at radius 3 is 2.52 bits per heavy atom. The van der Waals surface area contributed by atoms with Crippen LogP contribution < -0.4 is 15.0 Å². The topological polar surface area (TPSA) is 98.8 Å². The Morgan fingerprint density at radius 1 is 1.21 bits per heavy atom. The Balaban J connectivity index is 0.000000406. The van der Waals surface area contributed by atoms with Gasteiger partial charge in [0.1, 0.15) is 28.7 Å². The molecule has 3 fully saturated rings. The summed E-state index contributed by atoms with van der Waals surface area (Å²) in [6.07, 6.45) is 6.17. The van der Waals surface area contributed by atoms with Crippen molar-refractivity contribution in [2.45, 2.75) is 6.92 Å². The summed E-state index contributed by atoms with van der Waals surface area (Å²) >= 11 is 0. The number of nitriles is 1. The van der Waals surface area contributed by atoms with Gasteiger partial charge < -0.3 is 19.9 Å². The van der Waals surface area contributed by atoms with Crippen molar-refractivity contribution >= 4 is 17.7 Å². The molecule has 1 amide bonds. The number of nitrogens with one attached hydrogen (secondary N) is 1. The fraction of sp³-hybridized carbons (Fsp3) is 0.417. The molecule has 0 aromatic carbocycles. The number of carbonyl (C=O) groups is 1. The van der Waals surface area contributed by atoms with E-state index in [0.717, 1.165) is 55.5 Å². The van der Waals surface area contributed by atoms with Gasteiger partial charge in [0.15, 0.2) is 0 Å². The predicted molar refractivity (Wildman–Crippen MR) is 124 cm³/mol. The Bertz CT molecular complexity index is 1200. The number of hydrogen-bond donors (Lipinski definition) is 1. The molecule has 0 aliphatic carbocycles. The van der Waals surface area contributed by atoms with E-state index in [9.17, 15) is 10.1 Å². The van der Waals surface area contributed by atoms with Crippen LogP contribution in [0.5, 0.6) is 5.75 Å². The van der Waals surface area contributed by atoms with Gasteiger partial charge in [-0.3, -0.25) is 4.79 Å². The average Bonchev–Trinajstić information content (AvgIpc) is 3.19. The van der Waals surface area contributed by atoms with Crippen molar-refractivity contribution in [1.29, 1.82) is 5.26 Å². The van der Waals surface area contributed by atoms with Gasteiger partial charge in [0.25, 0.3) is 0 Å². The lowest BCUT2D eigenvalue weighted by molar-refractivity contribution is -0.130. The standard InChI is InChI=1S/C20H18N6O2.C4H9N/c1-28-17-4-15(8-26-19(17)16(5-21)7-23-26)14-2-3-18(22-6-14)25-11-20(12-25)9-24(10-20)13-27;1-4-2-5-3-4/h2-4,6-8,13H,9-12H2,1H3;4-5H,2-3H2,1H3. The number of fused-ring (bicyclic) bond motifs is 1. The number of aromatic nitrogens is 3. The van der Waals surface area contributed by atoms with Gasteiger partial charge >= 0.3 is 0 Å². The molecular weight excluding hydrogens is 418 g/mol. The Labute approximate surface area is 192 Å². The molecule has 3 aromatic heterocycles. The normalized spacial score (nSPS) is 18.5. The average molecular weight is 446 g/mol. The highest BCUT2D eigenvalue weighted by Gasteiger charge is 2.51. The van der Waals surface area contributed by atoms with E-state index >= 15 is 0 Å². The third kappa shape index (κ3) is 3.87. The van der Waals surface area contributed by atoms with Crippen LogP contribution in [0.4, 0.5) is 5.82 Å². The first-order valence-electron chi connectivity index (χ1n) is 11.1. The highest BCUT2D eigenvalue weighted by Crippen LogP contribution is 2.41. The minimum absolute atomic E-state index is 0.262. The van der Waals surface area contributed by atoms with Gasteiger partial charge in [0, 0.05) is 55.1 Å². The van der Waals surface area contributed by atoms with Crippen LogP contribution in [0.1, 0.15) is 12.5 Å². The van der Waals surface area contributed by atoms with Crippen LogP contribution in [-0.2, 0) is 4.79 Å². The smallest absolute Gasteiger partial charge is 0.209 e. The zero-order valence-corrected chi connectivity index (χ0v) is 18.9. The Hall–Kier alpha value is -3.64. The Kier molecular flexibility index (Phi) is 5.38. The number of pyridine rings is 2. The number of methoxy groups -OCH3 is 1. The van der Waals surface area contributed by atoms with Crippen molar-refractivity contribution in [3.8, 4) is 22.9 Å². The number of nitrogens with zero attached hydrogens (tertiary/aromatic N) is 6. The fourth-order valence-electron chi connectivity index (χ4n) is 4.67. The summed E-state index contributed by atoms with van der Waals surface area (Å²) in [6.45, 7) is 8.29. The second-order valence-corrected chi connectivity index (χ2v) is 9.30. The molecule has 9 heteroatoms. The minimum Gasteiger partial charge on any atom is -0.494 e. The van der Waals surface area contributed by atoms with Crippen molar-refractivity contribution in [2.75, 3.05) is 51.3 Å². The number of hydrogen-bond acceptors (Lipinski definition) is 7. The Morgan fingerprint density at radius 2 is 1.97 bits per heavy atom. The van der Waals surface area contributed by atoms with Crippen LogP contribution in [0.15, 0.2) is 36.8 Å². The lowest BCUT2D eigenvalue weighted by Crippen LogP contribution is -2.72. The second-order valence-electron chi connectivity index (χ2n) is 9.30. The summed E-state index contributed by atoms with van der Waals surface area (Å²) in [6, 6.07) is 8.08. The zero-order valence-electron chi connectivity index (χ0n) is 18.9. The van der Waals surface area contributed by atoms with E-state index in [2.05, 4.69) is 33.3 Å². The number of likely N-dealkylation sites (tertiary alicyclic amines) is 1. The lowest BCUT2D eigenvalue weighted by Gasteiger charge is -2.59. The summed E-state index contributed by atoms with van der Waals surface area (Å²) in [5.74, 6) is 2.50. The molecular formula is C24H27N7O2. The molecule has 3 aliphatic heterocycles. The summed E-state index contributed by atoms with van der Waals surface area (Å²) in [5, 5.41) is 16.7. The largest absolute Gasteiger partial charge is 0.494 e. The number of ether oxygens (including phenoxy) is 1. The van der Waals surface area contributed by atoms with Crippen LogP contribution in [0.25, 0.3) is 16.6 Å². The highest BCUT2D eigenvalue weighted by molar-refractivity contribution is 5.75. The van der Waals surface area contributed by atoms with Gasteiger partial charge in [0.2, 0.25) is 6.41 Å². The van der Waals surface area contributed by atoms with E-state index in [0.29, 0.717) is 16.8 Å². The van der Waals surface area contributed by atoms with Gasteiger partial charge in [-0.15, -0.1) is 0 Å². The van der Waals surface area contributed by atoms with Crippen molar-refractivity contribution in [3.63, 3.8) is 0 Å². The lowest BCUT2D eigenvalue weighted by atomic mass is 9.73. The molecule has 6 heterocycles. The molecule has 0 bridgehead atoms. The van der Waals surface area contributed by atoms with Gasteiger partial charge in [-0.05, 0) is 37.2 Å². The third-order valence-corrected chi connectivity index (χ3v) is 6.59. The first-order valence-corrected chi connectivity index (χ1v) is 11.1. The van der Waals surface area contributed by atoms with E-state index in [1.807, 2.05) is 35.5 Å². The van der Waals surface area contributed by atoms with Crippen molar-refractivity contribution in [3.05, 3.63) is 42.4 Å². The van der Waals surface area contributed by atoms with Crippen LogP contribution >= 0.6 is 0 Å². The minimum atomic E-state index is 0.262. The molecule has 6 rings (SSSR count). The summed E-state index contributed by atoms with van der Waals surface area (Å²) in [5.41, 5.74) is 3.26. The van der Waals surface area contributed by atoms with E-state index in [-0.39, 0.29) is 5.41 Å². The second kappa shape index (κ2) is 8.37. The maximum atomic E-state index is 10.8. The molecule has 0 saturated carbocycles. The SMILES string of the molecule is CC1CNC1.COc1cc(-c2ccc(N3CC4(CN(C=O)C4)C3)nc2)cn2ncc(C#N)c12. The number of anilines is 1. The summed E-state index contributed by atoms with van der Waals surface area (Å²) < 4.78 is 7.13. The summed E-state index contributed by atoms with van der Waals surface area (Å²) in [4.78, 5) is 19.4. The monoisotopic (exact) mass is 445 g/mol. The van der Waals surface area contributed by atoms with Gasteiger partial charge in [-0.25, -0.2) is 9.50 Å². The maximum Gasteiger partial charge on any atom is 0.209 e. The zero-order chi connectivity index (χ0) is 23.0. The van der Waals surface area contributed by atoms with Crippen LogP contribution in [0.2, 0.25) is 0 Å². The van der Waals surface area contributed by atoms with E-state index in [1.165, 1.54) is 19.3 Å². The summed E-state index contributed by atoms with van der Waals surface area (Å²) in [7, 11) is 1.58. The number of carbonyl (C=O) groups excluding carboxylic acids is 1. The molecule has 3 saturated heterocycles. The van der Waals surface area contributed by atoms with Gasteiger partial charge in [0.05, 0.1) is 13.3 Å². The third-order valence-electron chi connectivity index (χ3n) is 6.59. The quantitative estimate of drug-likeness (QED) is 0.611. The molecule has 0 atom stereocenters. The van der Waals surface area contributed by atoms with E-state index in [1.54, 1.807) is 11.6 Å². The molecule has 9 nitrogen and oxygen atoms in total. The predicted octanol–water partition coefficient (Wildman–Crippen LogP) is 1.78. The maximum absolute atomic E-state index is 10.8. The molecule has 170 valence electrons. The van der Waals surface area contributed by atoms with Crippen LogP contribution in [0, 0.1) is 22.7 Å². The molecule has 1 N–H and O–H groups in total. The molecule has 3 aromatic rings. The van der Waals surface area contributed by atoms with Gasteiger partial charge in [-0.1, -0.05) is 6.92 Å². The number of amides is 1. The van der Waals surface area contributed by atoms with E-state index < -0.39 is 0 Å². The van der Waals surface area contributed by atoms with E-state index in [4.69, 9.17) is 4.74 Å². The molecule has 33 heavy (non-hydrogen) atoms. The van der Waals surface area contributed by atoms with Crippen molar-refractivity contribution < 1.29 is 9.53 Å². The fourth-order valence-corrected chi connectivity index (χ4v) is 4.67. The van der Waals surface area contributed by atoms with Crippen LogP contribution in [0.3, 0.4) is 0 Å². The first kappa shape index (κ1) is 21.2. The molecule has 0 unspecified atom stereocenters. The first-order chi connectivity index (χ1) is 16.0. The number of rotatable bonds is 4. The van der Waals surface area contributed by atoms with Crippen molar-refractivity contribution in [1.82, 2.24) is 24.8 Å². The van der Waals surface area contributed by atoms with Crippen molar-refractivity contribution in [2.24, 2.45) is 11.3 Å². The highest BCUT2D eigenvalue weighted by atomic mass is 16.5. The van der Waals surface area contributed by atoms with Gasteiger partial charge in [-0.2, -0.15) is 10.4 Å². The molecule has 3 aliphatic rings. The molecule has 0 radical (unpaired) electrons. The molecule has 1 spiro atoms.